The number of hydrogen-bond donors (Lipinski definition) is 3. The normalized spacial score (nSPS) is 13.4. The number of amides is 1. The van der Waals surface area contributed by atoms with Crippen molar-refractivity contribution in [2.45, 2.75) is 6.04 Å². The standard InChI is InChI=1S/C25H25ClN8O2/c1-4-23(35)30-18-9-19(22(36-3)10-21(18)33-13-15(14-33)27-2)31-25-28-12-17(26)24(32-25)16-11-29-34-8-6-5-7-20(16)34/h4-12,15,27H,1,13-14H2,2-3H3,(H,30,35)(H,28,31,32). The zero-order valence-corrected chi connectivity index (χ0v) is 20.6. The van der Waals surface area contributed by atoms with Crippen molar-refractivity contribution in [3.05, 3.63) is 66.6 Å². The second-order valence-electron chi connectivity index (χ2n) is 8.26. The molecule has 0 spiro atoms. The van der Waals surface area contributed by atoms with Crippen LogP contribution in [0.4, 0.5) is 23.0 Å². The van der Waals surface area contributed by atoms with Crippen LogP contribution in [0.2, 0.25) is 5.02 Å². The molecule has 3 N–H and O–H groups in total. The van der Waals surface area contributed by atoms with E-state index in [2.05, 4.69) is 42.5 Å². The molecule has 1 aromatic carbocycles. The number of nitrogens with one attached hydrogen (secondary N) is 3. The number of benzene rings is 1. The van der Waals surface area contributed by atoms with E-state index in [0.29, 0.717) is 39.8 Å². The summed E-state index contributed by atoms with van der Waals surface area (Å²) in [5.74, 6) is 0.581. The Morgan fingerprint density at radius 1 is 1.25 bits per heavy atom. The highest BCUT2D eigenvalue weighted by Gasteiger charge is 2.28. The van der Waals surface area contributed by atoms with Gasteiger partial charge in [0.05, 0.1) is 52.8 Å². The van der Waals surface area contributed by atoms with Crippen LogP contribution in [0.1, 0.15) is 0 Å². The van der Waals surface area contributed by atoms with Crippen LogP contribution in [0.15, 0.2) is 61.6 Å². The third kappa shape index (κ3) is 4.43. The highest BCUT2D eigenvalue weighted by molar-refractivity contribution is 6.33. The van der Waals surface area contributed by atoms with Crippen molar-refractivity contribution in [3.63, 3.8) is 0 Å². The van der Waals surface area contributed by atoms with Gasteiger partial charge >= 0.3 is 0 Å². The van der Waals surface area contributed by atoms with Crippen LogP contribution in [0.5, 0.6) is 5.75 Å². The molecule has 0 atom stereocenters. The van der Waals surface area contributed by atoms with Crippen molar-refractivity contribution in [3.8, 4) is 17.0 Å². The summed E-state index contributed by atoms with van der Waals surface area (Å²) in [4.78, 5) is 23.3. The number of carbonyl (C=O) groups is 1. The first-order chi connectivity index (χ1) is 17.5. The summed E-state index contributed by atoms with van der Waals surface area (Å²) in [6.07, 6.45) is 6.35. The summed E-state index contributed by atoms with van der Waals surface area (Å²) in [6.45, 7) is 5.19. The predicted molar refractivity (Wildman–Crippen MR) is 141 cm³/mol. The quantitative estimate of drug-likeness (QED) is 0.311. The molecule has 0 bridgehead atoms. The molecule has 1 aliphatic heterocycles. The topological polar surface area (TPSA) is 109 Å². The van der Waals surface area contributed by atoms with E-state index in [9.17, 15) is 4.79 Å². The maximum atomic E-state index is 12.2. The molecule has 4 aromatic rings. The number of hydrogen-bond acceptors (Lipinski definition) is 8. The van der Waals surface area contributed by atoms with Crippen LogP contribution in [0.3, 0.4) is 0 Å². The lowest BCUT2D eigenvalue weighted by Gasteiger charge is -2.42. The van der Waals surface area contributed by atoms with Crippen LogP contribution in [0, 0.1) is 0 Å². The van der Waals surface area contributed by atoms with Crippen molar-refractivity contribution < 1.29 is 9.53 Å². The molecule has 0 radical (unpaired) electrons. The number of nitrogens with zero attached hydrogens (tertiary/aromatic N) is 5. The second kappa shape index (κ2) is 9.84. The van der Waals surface area contributed by atoms with E-state index in [-0.39, 0.29) is 5.91 Å². The van der Waals surface area contributed by atoms with Crippen LogP contribution in [0.25, 0.3) is 16.8 Å². The first kappa shape index (κ1) is 23.6. The number of halogens is 1. The average Bonchev–Trinajstić information content (AvgIpc) is 3.29. The molecule has 1 aliphatic rings. The maximum Gasteiger partial charge on any atom is 0.247 e. The lowest BCUT2D eigenvalue weighted by atomic mass is 10.1. The Bertz CT molecular complexity index is 1450. The van der Waals surface area contributed by atoms with E-state index >= 15 is 0 Å². The van der Waals surface area contributed by atoms with Gasteiger partial charge in [0.2, 0.25) is 11.9 Å². The van der Waals surface area contributed by atoms with Gasteiger partial charge in [-0.15, -0.1) is 0 Å². The number of likely N-dealkylation sites (N-methyl/N-ethyl adjacent to an activating group) is 1. The molecule has 0 saturated carbocycles. The average molecular weight is 505 g/mol. The van der Waals surface area contributed by atoms with Gasteiger partial charge in [0, 0.05) is 37.0 Å². The molecule has 0 unspecified atom stereocenters. The summed E-state index contributed by atoms with van der Waals surface area (Å²) in [7, 11) is 3.52. The zero-order valence-electron chi connectivity index (χ0n) is 19.8. The monoisotopic (exact) mass is 504 g/mol. The largest absolute Gasteiger partial charge is 0.494 e. The first-order valence-electron chi connectivity index (χ1n) is 11.3. The molecule has 11 heteroatoms. The molecule has 3 aromatic heterocycles. The van der Waals surface area contributed by atoms with Gasteiger partial charge in [0.25, 0.3) is 0 Å². The summed E-state index contributed by atoms with van der Waals surface area (Å²) in [5, 5.41) is 14.1. The highest BCUT2D eigenvalue weighted by Crippen LogP contribution is 2.40. The number of rotatable bonds is 8. The smallest absolute Gasteiger partial charge is 0.247 e. The number of fused-ring (bicyclic) bond motifs is 1. The zero-order chi connectivity index (χ0) is 25.2. The first-order valence-corrected chi connectivity index (χ1v) is 11.7. The van der Waals surface area contributed by atoms with Gasteiger partial charge in [-0.3, -0.25) is 4.79 Å². The Morgan fingerprint density at radius 3 is 2.83 bits per heavy atom. The summed E-state index contributed by atoms with van der Waals surface area (Å²) in [6, 6.07) is 9.84. The molecule has 36 heavy (non-hydrogen) atoms. The van der Waals surface area contributed by atoms with Crippen LogP contribution in [-0.4, -0.2) is 58.8 Å². The number of ether oxygens (including phenoxy) is 1. The lowest BCUT2D eigenvalue weighted by Crippen LogP contribution is -2.57. The number of methoxy groups -OCH3 is 1. The molecule has 184 valence electrons. The van der Waals surface area contributed by atoms with Crippen LogP contribution < -0.4 is 25.6 Å². The molecule has 1 saturated heterocycles. The van der Waals surface area contributed by atoms with Gasteiger partial charge in [-0.25, -0.2) is 14.5 Å². The SMILES string of the molecule is C=CC(=O)Nc1cc(Nc2ncc(Cl)c(-c3cnn4ccccc34)n2)c(OC)cc1N1CC(NC)C1. The Labute approximate surface area is 213 Å². The van der Waals surface area contributed by atoms with Crippen molar-refractivity contribution in [1.29, 1.82) is 0 Å². The van der Waals surface area contributed by atoms with Crippen molar-refractivity contribution in [2.75, 3.05) is 42.8 Å². The molecule has 4 heterocycles. The predicted octanol–water partition coefficient (Wildman–Crippen LogP) is 3.73. The Hall–Kier alpha value is -4.15. The van der Waals surface area contributed by atoms with E-state index in [1.807, 2.05) is 37.5 Å². The third-order valence-corrected chi connectivity index (χ3v) is 6.34. The number of anilines is 4. The Balaban J connectivity index is 1.51. The van der Waals surface area contributed by atoms with Gasteiger partial charge in [-0.05, 0) is 31.3 Å². The molecular weight excluding hydrogens is 480 g/mol. The molecular formula is C25H25ClN8O2. The van der Waals surface area contributed by atoms with Crippen molar-refractivity contribution in [2.24, 2.45) is 0 Å². The molecule has 10 nitrogen and oxygen atoms in total. The number of pyridine rings is 1. The van der Waals surface area contributed by atoms with E-state index in [1.54, 1.807) is 23.9 Å². The minimum atomic E-state index is -0.309. The van der Waals surface area contributed by atoms with E-state index in [0.717, 1.165) is 29.9 Å². The second-order valence-corrected chi connectivity index (χ2v) is 8.66. The van der Waals surface area contributed by atoms with Crippen LogP contribution in [-0.2, 0) is 4.79 Å². The number of carbonyl (C=O) groups excluding carboxylic acids is 1. The van der Waals surface area contributed by atoms with Gasteiger partial charge in [-0.1, -0.05) is 24.2 Å². The highest BCUT2D eigenvalue weighted by atomic mass is 35.5. The summed E-state index contributed by atoms with van der Waals surface area (Å²) >= 11 is 6.47. The molecule has 0 aliphatic carbocycles. The summed E-state index contributed by atoms with van der Waals surface area (Å²) in [5.41, 5.74) is 4.25. The fraction of sp³-hybridized carbons (Fsp3) is 0.200. The van der Waals surface area contributed by atoms with Gasteiger partial charge in [0.15, 0.2) is 0 Å². The van der Waals surface area contributed by atoms with E-state index in [4.69, 9.17) is 16.3 Å². The van der Waals surface area contributed by atoms with E-state index < -0.39 is 0 Å². The maximum absolute atomic E-state index is 12.2. The van der Waals surface area contributed by atoms with Gasteiger partial charge in [-0.2, -0.15) is 5.10 Å². The Morgan fingerprint density at radius 2 is 2.08 bits per heavy atom. The number of aromatic nitrogens is 4. The minimum Gasteiger partial charge on any atom is -0.494 e. The molecule has 5 rings (SSSR count). The van der Waals surface area contributed by atoms with Crippen molar-refractivity contribution >= 4 is 46.0 Å². The molecule has 1 amide bonds. The van der Waals surface area contributed by atoms with Crippen LogP contribution >= 0.6 is 11.6 Å². The van der Waals surface area contributed by atoms with E-state index in [1.165, 1.54) is 12.3 Å². The third-order valence-electron chi connectivity index (χ3n) is 6.06. The Kier molecular flexibility index (Phi) is 6.45. The fourth-order valence-electron chi connectivity index (χ4n) is 4.09. The van der Waals surface area contributed by atoms with Gasteiger partial charge < -0.3 is 25.6 Å². The minimum absolute atomic E-state index is 0.309. The lowest BCUT2D eigenvalue weighted by molar-refractivity contribution is -0.111. The summed E-state index contributed by atoms with van der Waals surface area (Å²) < 4.78 is 7.42. The fourth-order valence-corrected chi connectivity index (χ4v) is 4.29. The van der Waals surface area contributed by atoms with Gasteiger partial charge in [0.1, 0.15) is 5.75 Å². The van der Waals surface area contributed by atoms with Crippen molar-refractivity contribution in [1.82, 2.24) is 24.9 Å². The molecule has 1 fully saturated rings.